The predicted octanol–water partition coefficient (Wildman–Crippen LogP) is 2.07. The van der Waals surface area contributed by atoms with Crippen LogP contribution in [0.3, 0.4) is 0 Å². The summed E-state index contributed by atoms with van der Waals surface area (Å²) in [6, 6.07) is 0. The summed E-state index contributed by atoms with van der Waals surface area (Å²) >= 11 is 0. The Kier molecular flexibility index (Phi) is 11.2. The quantitative estimate of drug-likeness (QED) is 0.305. The molecule has 0 rings (SSSR count). The average molecular weight is 326 g/mol. The molecule has 0 N–H and O–H groups in total. The second-order valence-electron chi connectivity index (χ2n) is 3.92. The van der Waals surface area contributed by atoms with Gasteiger partial charge < -0.3 is 9.47 Å². The summed E-state index contributed by atoms with van der Waals surface area (Å²) in [5, 5.41) is 0. The van der Waals surface area contributed by atoms with Crippen LogP contribution < -0.4 is 0 Å². The number of esters is 2. The number of ether oxygens (including phenoxy) is 2. The Morgan fingerprint density at radius 2 is 1.24 bits per heavy atom. The molecule has 0 aromatic rings. The van der Waals surface area contributed by atoms with Gasteiger partial charge in [-0.1, -0.05) is 0 Å². The highest BCUT2D eigenvalue weighted by Gasteiger charge is 2.25. The molecule has 0 unspecified atom stereocenters. The molecule has 0 radical (unpaired) electrons. The van der Waals surface area contributed by atoms with E-state index in [2.05, 4.69) is 0 Å². The minimum Gasteiger partial charge on any atom is -0.466 e. The van der Waals surface area contributed by atoms with Gasteiger partial charge in [0.25, 0.3) is 0 Å². The molecule has 9 heteroatoms. The van der Waals surface area contributed by atoms with Gasteiger partial charge in [-0.3, -0.25) is 23.2 Å². The summed E-state index contributed by atoms with van der Waals surface area (Å²) in [7, 11) is -3.63. The van der Waals surface area contributed by atoms with Crippen LogP contribution in [0.2, 0.25) is 0 Å². The van der Waals surface area contributed by atoms with Crippen LogP contribution in [0.15, 0.2) is 0 Å². The van der Waals surface area contributed by atoms with E-state index < -0.39 is 7.82 Å². The summed E-state index contributed by atoms with van der Waals surface area (Å²) in [4.78, 5) is 21.1. The zero-order chi connectivity index (χ0) is 16.1. The van der Waals surface area contributed by atoms with Gasteiger partial charge in [-0.2, -0.15) is 0 Å². The molecule has 124 valence electrons. The van der Waals surface area contributed by atoms with Crippen molar-refractivity contribution in [3.8, 4) is 0 Å². The van der Waals surface area contributed by atoms with Crippen LogP contribution in [0.5, 0.6) is 0 Å². The number of carbonyl (C=O) groups excluding carboxylic acids is 2. The summed E-state index contributed by atoms with van der Waals surface area (Å²) in [5.41, 5.74) is 0. The second-order valence-corrected chi connectivity index (χ2v) is 5.59. The molecule has 0 amide bonds. The van der Waals surface area contributed by atoms with E-state index >= 15 is 0 Å². The Bertz CT molecular complexity index is 329. The van der Waals surface area contributed by atoms with E-state index in [0.29, 0.717) is 12.8 Å². The normalized spacial score (nSPS) is 11.2. The topological polar surface area (TPSA) is 97.4 Å². The van der Waals surface area contributed by atoms with E-state index in [-0.39, 0.29) is 45.0 Å². The first-order valence-electron chi connectivity index (χ1n) is 6.70. The molecule has 0 aromatic heterocycles. The lowest BCUT2D eigenvalue weighted by atomic mass is 10.5. The Morgan fingerprint density at radius 3 is 1.57 bits per heavy atom. The van der Waals surface area contributed by atoms with Gasteiger partial charge in [0, 0.05) is 26.7 Å². The fourth-order valence-corrected chi connectivity index (χ4v) is 2.42. The monoisotopic (exact) mass is 326 g/mol. The first-order valence-corrected chi connectivity index (χ1v) is 8.16. The third-order valence-electron chi connectivity index (χ3n) is 1.97. The molecule has 0 saturated carbocycles. The summed E-state index contributed by atoms with van der Waals surface area (Å²) in [5.74, 6) is -0.769. The van der Waals surface area contributed by atoms with E-state index in [1.165, 1.54) is 13.8 Å². The van der Waals surface area contributed by atoms with E-state index in [4.69, 9.17) is 23.0 Å². The first-order chi connectivity index (χ1) is 9.89. The molecular formula is C12H23O8P. The number of hydrogen-bond acceptors (Lipinski definition) is 8. The number of phosphoric acid groups is 1. The van der Waals surface area contributed by atoms with E-state index in [0.717, 1.165) is 0 Å². The maximum Gasteiger partial charge on any atom is 0.474 e. The van der Waals surface area contributed by atoms with E-state index in [9.17, 15) is 14.2 Å². The fraction of sp³-hybridized carbons (Fsp3) is 0.833. The predicted molar refractivity (Wildman–Crippen MR) is 73.6 cm³/mol. The molecule has 0 atom stereocenters. The van der Waals surface area contributed by atoms with E-state index in [1.807, 2.05) is 0 Å². The van der Waals surface area contributed by atoms with Gasteiger partial charge in [0.05, 0.1) is 33.0 Å². The molecule has 21 heavy (non-hydrogen) atoms. The van der Waals surface area contributed by atoms with Crippen molar-refractivity contribution in [2.75, 3.05) is 33.0 Å². The van der Waals surface area contributed by atoms with Crippen molar-refractivity contribution in [3.05, 3.63) is 0 Å². The van der Waals surface area contributed by atoms with Crippen LogP contribution in [-0.4, -0.2) is 45.0 Å². The number of rotatable bonds is 12. The molecule has 0 saturated heterocycles. The maximum atomic E-state index is 12.1. The van der Waals surface area contributed by atoms with Crippen LogP contribution in [0.25, 0.3) is 0 Å². The Balaban J connectivity index is 3.91. The van der Waals surface area contributed by atoms with Gasteiger partial charge in [0.1, 0.15) is 0 Å². The molecule has 0 heterocycles. The fourth-order valence-electron chi connectivity index (χ4n) is 1.17. The van der Waals surface area contributed by atoms with Gasteiger partial charge in [-0.05, 0) is 6.92 Å². The second kappa shape index (κ2) is 11.7. The Labute approximate surface area is 124 Å². The zero-order valence-corrected chi connectivity index (χ0v) is 13.6. The van der Waals surface area contributed by atoms with Crippen molar-refractivity contribution in [1.29, 1.82) is 0 Å². The highest BCUT2D eigenvalue weighted by molar-refractivity contribution is 7.48. The van der Waals surface area contributed by atoms with Crippen molar-refractivity contribution >= 4 is 19.8 Å². The van der Waals surface area contributed by atoms with E-state index in [1.54, 1.807) is 6.92 Å². The van der Waals surface area contributed by atoms with Gasteiger partial charge in [0.2, 0.25) is 0 Å². The number of hydrogen-bond donors (Lipinski definition) is 0. The van der Waals surface area contributed by atoms with Gasteiger partial charge in [-0.15, -0.1) is 0 Å². The standard InChI is InChI=1S/C12H23O8P/c1-4-18-21(15,19-9-5-7-16-11(2)13)20-10-6-8-17-12(3)14/h4-10H2,1-3H3. The van der Waals surface area contributed by atoms with Crippen LogP contribution in [-0.2, 0) is 37.2 Å². The molecule has 0 fully saturated rings. The Morgan fingerprint density at radius 1 is 0.810 bits per heavy atom. The maximum absolute atomic E-state index is 12.1. The van der Waals surface area contributed by atoms with Crippen LogP contribution in [0, 0.1) is 0 Å². The van der Waals surface area contributed by atoms with Crippen molar-refractivity contribution in [1.82, 2.24) is 0 Å². The van der Waals surface area contributed by atoms with Crippen molar-refractivity contribution in [3.63, 3.8) is 0 Å². The lowest BCUT2D eigenvalue weighted by Gasteiger charge is -2.17. The lowest BCUT2D eigenvalue weighted by molar-refractivity contribution is -0.142. The van der Waals surface area contributed by atoms with Crippen molar-refractivity contribution in [2.24, 2.45) is 0 Å². The largest absolute Gasteiger partial charge is 0.474 e. The molecule has 0 aliphatic heterocycles. The van der Waals surface area contributed by atoms with Gasteiger partial charge in [-0.25, -0.2) is 4.57 Å². The Hall–Kier alpha value is -0.950. The molecule has 0 aliphatic rings. The number of carbonyl (C=O) groups is 2. The van der Waals surface area contributed by atoms with Gasteiger partial charge >= 0.3 is 19.8 Å². The summed E-state index contributed by atoms with van der Waals surface area (Å²) < 4.78 is 36.7. The first kappa shape index (κ1) is 20.1. The smallest absolute Gasteiger partial charge is 0.466 e. The van der Waals surface area contributed by atoms with Crippen molar-refractivity contribution in [2.45, 2.75) is 33.6 Å². The molecule has 0 bridgehead atoms. The molecule has 0 spiro atoms. The number of phosphoric ester groups is 1. The van der Waals surface area contributed by atoms with Crippen molar-refractivity contribution < 1.29 is 37.2 Å². The lowest BCUT2D eigenvalue weighted by Crippen LogP contribution is -2.08. The third kappa shape index (κ3) is 12.5. The zero-order valence-electron chi connectivity index (χ0n) is 12.7. The molecule has 0 aliphatic carbocycles. The van der Waals surface area contributed by atoms with Crippen LogP contribution >= 0.6 is 7.82 Å². The minimum absolute atomic E-state index is 0.0779. The average Bonchev–Trinajstić information content (AvgIpc) is 2.37. The van der Waals surface area contributed by atoms with Crippen LogP contribution in [0.1, 0.15) is 33.6 Å². The minimum atomic E-state index is -3.63. The van der Waals surface area contributed by atoms with Crippen LogP contribution in [0.4, 0.5) is 0 Å². The summed E-state index contributed by atoms with van der Waals surface area (Å²) in [6.45, 7) is 4.95. The third-order valence-corrected chi connectivity index (χ3v) is 3.55. The molecule has 0 aromatic carbocycles. The SMILES string of the molecule is CCOP(=O)(OCCCOC(C)=O)OCCCOC(C)=O. The van der Waals surface area contributed by atoms with Gasteiger partial charge in [0.15, 0.2) is 0 Å². The molecular weight excluding hydrogens is 303 g/mol. The highest BCUT2D eigenvalue weighted by Crippen LogP contribution is 2.49. The summed E-state index contributed by atoms with van der Waals surface area (Å²) in [6.07, 6.45) is 0.765. The highest BCUT2D eigenvalue weighted by atomic mass is 31.2. The molecule has 8 nitrogen and oxygen atoms in total.